The molecule has 2 N–H and O–H groups in total. The summed E-state index contributed by atoms with van der Waals surface area (Å²) < 4.78 is 8.35. The third-order valence-electron chi connectivity index (χ3n) is 13.9. The number of halogens is 2. The Morgan fingerprint density at radius 2 is 1.08 bits per heavy atom. The molecule has 8 aromatic rings. The molecule has 8 bridgehead atoms. The summed E-state index contributed by atoms with van der Waals surface area (Å²) in [5.74, 6) is -0.131. The Morgan fingerprint density at radius 1 is 0.521 bits per heavy atom. The molecule has 0 aliphatic carbocycles. The number of nitrogens with zero attached hydrogens (tertiary/aromatic N) is 2. The highest BCUT2D eigenvalue weighted by atomic mass is 79.9. The topological polar surface area (TPSA) is 82.6 Å². The van der Waals surface area contributed by atoms with Crippen molar-refractivity contribution < 1.29 is 9.53 Å². The van der Waals surface area contributed by atoms with Gasteiger partial charge in [-0.25, -0.2) is 14.8 Å². The summed E-state index contributed by atoms with van der Waals surface area (Å²) >= 11 is 8.14. The average Bonchev–Trinajstić information content (AvgIpc) is 4.16. The molecule has 0 atom stereocenters. The zero-order chi connectivity index (χ0) is 49.7. The molecular formula is C63H54Br2N4O2. The number of H-pyrrole nitrogens is 2. The lowest BCUT2D eigenvalue weighted by Gasteiger charge is -2.21. The lowest BCUT2D eigenvalue weighted by molar-refractivity contribution is 0.0693. The minimum Gasteiger partial charge on any atom is -0.420 e. The molecule has 0 spiro atoms. The average molecular weight is 1060 g/mol. The van der Waals surface area contributed by atoms with Gasteiger partial charge in [0.1, 0.15) is 5.70 Å². The maximum absolute atomic E-state index is 14.6. The van der Waals surface area contributed by atoms with Crippen LogP contribution in [0.4, 0.5) is 0 Å². The van der Waals surface area contributed by atoms with Gasteiger partial charge >= 0.3 is 5.97 Å². The fraction of sp³-hybridized carbons (Fsp3) is 0.190. The van der Waals surface area contributed by atoms with E-state index in [1.54, 1.807) is 12.1 Å². The number of rotatable bonds is 5. The van der Waals surface area contributed by atoms with Crippen LogP contribution in [0.5, 0.6) is 0 Å². The Morgan fingerprint density at radius 3 is 1.70 bits per heavy atom. The summed E-state index contributed by atoms with van der Waals surface area (Å²) in [7, 11) is 0. The number of esters is 1. The van der Waals surface area contributed by atoms with Crippen LogP contribution in [0.2, 0.25) is 0 Å². The third kappa shape index (κ3) is 8.15. The van der Waals surface area contributed by atoms with Crippen molar-refractivity contribution in [2.45, 2.75) is 78.6 Å². The number of aromatic amines is 2. The minimum atomic E-state index is -0.486. The molecule has 11 rings (SSSR count). The molecule has 352 valence electrons. The largest absolute Gasteiger partial charge is 0.420 e. The molecule has 3 aliphatic rings. The Kier molecular flexibility index (Phi) is 11.2. The van der Waals surface area contributed by atoms with Crippen molar-refractivity contribution in [2.24, 2.45) is 9.98 Å². The van der Waals surface area contributed by atoms with Gasteiger partial charge in [0.25, 0.3) is 0 Å². The van der Waals surface area contributed by atoms with Gasteiger partial charge in [-0.1, -0.05) is 172 Å². The first-order valence-electron chi connectivity index (χ1n) is 24.2. The zero-order valence-corrected chi connectivity index (χ0v) is 44.6. The summed E-state index contributed by atoms with van der Waals surface area (Å²) in [5.41, 5.74) is 13.9. The molecule has 8 heteroatoms. The lowest BCUT2D eigenvalue weighted by atomic mass is 9.83. The first-order chi connectivity index (χ1) is 33.8. The van der Waals surface area contributed by atoms with Crippen molar-refractivity contribution in [1.29, 1.82) is 0 Å². The zero-order valence-electron chi connectivity index (χ0n) is 41.4. The van der Waals surface area contributed by atoms with Crippen molar-refractivity contribution in [3.05, 3.63) is 238 Å². The van der Waals surface area contributed by atoms with Crippen LogP contribution in [0.25, 0.3) is 44.5 Å². The molecule has 71 heavy (non-hydrogen) atoms. The number of fused-ring (bicyclic) bond motifs is 9. The van der Waals surface area contributed by atoms with Gasteiger partial charge in [0.05, 0.1) is 48.2 Å². The molecule has 2 aromatic heterocycles. The number of carbonyl (C=O) groups is 1. The molecule has 0 unspecified atom stereocenters. The highest BCUT2D eigenvalue weighted by molar-refractivity contribution is 9.13. The van der Waals surface area contributed by atoms with Crippen LogP contribution in [0.15, 0.2) is 176 Å². The second-order valence-corrected chi connectivity index (χ2v) is 23.4. The lowest BCUT2D eigenvalue weighted by Crippen LogP contribution is -2.17. The number of allylic oxidation sites excluding steroid dienone is 2. The highest BCUT2D eigenvalue weighted by Gasteiger charge is 2.34. The van der Waals surface area contributed by atoms with Gasteiger partial charge in [-0.3, -0.25) is 0 Å². The van der Waals surface area contributed by atoms with E-state index >= 15 is 0 Å². The van der Waals surface area contributed by atoms with Gasteiger partial charge in [-0.2, -0.15) is 0 Å². The van der Waals surface area contributed by atoms with E-state index in [0.717, 1.165) is 91.7 Å². The Bertz CT molecular complexity index is 3890. The van der Waals surface area contributed by atoms with Crippen molar-refractivity contribution in [3.63, 3.8) is 0 Å². The van der Waals surface area contributed by atoms with E-state index in [1.807, 2.05) is 24.3 Å². The summed E-state index contributed by atoms with van der Waals surface area (Å²) in [4.78, 5) is 33.7. The smallest absolute Gasteiger partial charge is 0.343 e. The number of carbonyl (C=O) groups excluding carboxylic acids is 1. The number of nitrogens with one attached hydrogen (secondary N) is 2. The van der Waals surface area contributed by atoms with Gasteiger partial charge in [0.15, 0.2) is 5.76 Å². The molecule has 0 radical (unpaired) electrons. The molecule has 3 aliphatic heterocycles. The first kappa shape index (κ1) is 46.5. The van der Waals surface area contributed by atoms with Crippen LogP contribution in [-0.4, -0.2) is 21.6 Å². The number of hydrogen-bond acceptors (Lipinski definition) is 4. The predicted octanol–water partition coefficient (Wildman–Crippen LogP) is 15.2. The highest BCUT2D eigenvalue weighted by Crippen LogP contribution is 2.47. The van der Waals surface area contributed by atoms with Crippen LogP contribution in [0, 0.1) is 10.6 Å². The molecule has 5 heterocycles. The van der Waals surface area contributed by atoms with Crippen molar-refractivity contribution >= 4 is 76.9 Å². The summed E-state index contributed by atoms with van der Waals surface area (Å²) in [6.45, 7) is 20.1. The quantitative estimate of drug-likeness (QED) is 0.168. The van der Waals surface area contributed by atoms with Crippen LogP contribution in [0.3, 0.4) is 0 Å². The second kappa shape index (κ2) is 17.2. The van der Waals surface area contributed by atoms with Crippen molar-refractivity contribution in [3.8, 4) is 11.1 Å². The minimum absolute atomic E-state index is 0.0237. The molecule has 0 fully saturated rings. The predicted molar refractivity (Wildman–Crippen MR) is 298 cm³/mol. The van der Waals surface area contributed by atoms with E-state index in [4.69, 9.17) is 14.7 Å². The maximum atomic E-state index is 14.6. The monoisotopic (exact) mass is 1060 g/mol. The molecule has 0 amide bonds. The molecule has 6 nitrogen and oxygen atoms in total. The van der Waals surface area contributed by atoms with Gasteiger partial charge in [0, 0.05) is 32.6 Å². The number of aliphatic imine (C=N–C) groups is 1. The fourth-order valence-corrected chi connectivity index (χ4v) is 11.0. The van der Waals surface area contributed by atoms with E-state index < -0.39 is 5.97 Å². The van der Waals surface area contributed by atoms with E-state index in [1.165, 1.54) is 16.7 Å². The molecule has 0 saturated heterocycles. The van der Waals surface area contributed by atoms with Gasteiger partial charge in [-0.05, 0) is 135 Å². The summed E-state index contributed by atoms with van der Waals surface area (Å²) in [6.07, 6.45) is 4.24. The standard InChI is InChI=1S/C63H54Br2N4O2/c1-61(2,3)39-24-20-36(21-25-39)49-44-30-32-46(66-44)50(37-22-26-40(27-23-37)62(4,5)6)56-53(64)54(65)57(69-56)58-59(71-60(70)38-18-14-11-15-19-38)52-48(35-16-12-10-13-17-35)43-34-41(63(7,8)9)28-29-42(43)51(55(52)68-58)47-33-31-45(49)67-47/h10-34,67,69H,1-9H3. The third-order valence-corrected chi connectivity index (χ3v) is 16.0. The van der Waals surface area contributed by atoms with E-state index in [0.29, 0.717) is 28.1 Å². The number of hydrogen-bond donors (Lipinski definition) is 2. The van der Waals surface area contributed by atoms with Crippen LogP contribution in [-0.2, 0) is 21.0 Å². The van der Waals surface area contributed by atoms with E-state index in [-0.39, 0.29) is 16.2 Å². The number of benzene rings is 6. The molecule has 0 saturated carbocycles. The van der Waals surface area contributed by atoms with Crippen molar-refractivity contribution in [2.75, 3.05) is 0 Å². The Balaban J connectivity index is 1.34. The Hall–Kier alpha value is -6.87. The number of aromatic nitrogens is 2. The van der Waals surface area contributed by atoms with Crippen LogP contribution < -0.4 is 10.7 Å². The van der Waals surface area contributed by atoms with Gasteiger partial charge in [-0.15, -0.1) is 0 Å². The van der Waals surface area contributed by atoms with Crippen molar-refractivity contribution in [1.82, 2.24) is 9.97 Å². The summed E-state index contributed by atoms with van der Waals surface area (Å²) in [6, 6.07) is 48.3. The SMILES string of the molecule is CC(C)(C)c1ccc(C2=C3C=CC(=N3)C(c3ccc(C(C)(C)C)cc3)=c3ccc([nH]3)=c3c4c(c(-c5ccccc5)c5cc(C(C)(C)C)ccc35)C(OC(=O)c3ccccc3)=C(N=4)c3[nH]c2c(Br)c3Br)cc1. The van der Waals surface area contributed by atoms with E-state index in [2.05, 4.69) is 219 Å². The number of ether oxygens (including phenoxy) is 1. The van der Waals surface area contributed by atoms with Gasteiger partial charge < -0.3 is 14.7 Å². The second-order valence-electron chi connectivity index (χ2n) is 21.8. The summed E-state index contributed by atoms with van der Waals surface area (Å²) in [5, 5.41) is 5.40. The van der Waals surface area contributed by atoms with Crippen LogP contribution >= 0.6 is 31.9 Å². The Labute approximate surface area is 431 Å². The fourth-order valence-electron chi connectivity index (χ4n) is 9.98. The molecular weight excluding hydrogens is 1000 g/mol. The molecule has 6 aromatic carbocycles. The first-order valence-corrected chi connectivity index (χ1v) is 25.7. The van der Waals surface area contributed by atoms with Gasteiger partial charge in [0.2, 0.25) is 0 Å². The maximum Gasteiger partial charge on any atom is 0.343 e. The van der Waals surface area contributed by atoms with Crippen LogP contribution in [0.1, 0.15) is 117 Å². The van der Waals surface area contributed by atoms with E-state index in [9.17, 15) is 4.79 Å². The normalized spacial score (nSPS) is 14.5.